The fraction of sp³-hybridized carbons (Fsp3) is 0.529. The molecular weight excluding hydrogens is 260 g/mol. The molecule has 0 amide bonds. The minimum absolute atomic E-state index is 0.515. The van der Waals surface area contributed by atoms with Crippen molar-refractivity contribution in [2.24, 2.45) is 0 Å². The summed E-state index contributed by atoms with van der Waals surface area (Å²) in [7, 11) is 0. The van der Waals surface area contributed by atoms with Crippen molar-refractivity contribution in [2.45, 2.75) is 51.1 Å². The van der Waals surface area contributed by atoms with Crippen molar-refractivity contribution in [3.05, 3.63) is 47.0 Å². The number of nitrogens with one attached hydrogen (secondary N) is 1. The summed E-state index contributed by atoms with van der Waals surface area (Å²) in [6.45, 7) is 4.13. The van der Waals surface area contributed by atoms with Gasteiger partial charge in [-0.2, -0.15) is 0 Å². The summed E-state index contributed by atoms with van der Waals surface area (Å²) in [5.41, 5.74) is 4.37. The molecule has 1 heterocycles. The van der Waals surface area contributed by atoms with Crippen LogP contribution in [0.5, 0.6) is 0 Å². The van der Waals surface area contributed by atoms with Crippen molar-refractivity contribution in [3.8, 4) is 0 Å². The van der Waals surface area contributed by atoms with E-state index in [-0.39, 0.29) is 0 Å². The normalized spacial score (nSPS) is 20.7. The lowest BCUT2D eigenvalue weighted by Crippen LogP contribution is -2.24. The number of hydrogen-bond acceptors (Lipinski definition) is 3. The van der Waals surface area contributed by atoms with E-state index in [0.717, 1.165) is 13.1 Å². The van der Waals surface area contributed by atoms with Gasteiger partial charge in [-0.25, -0.2) is 0 Å². The van der Waals surface area contributed by atoms with E-state index in [1.807, 2.05) is 6.33 Å². The lowest BCUT2D eigenvalue weighted by Gasteiger charge is -2.15. The van der Waals surface area contributed by atoms with Gasteiger partial charge in [0.2, 0.25) is 0 Å². The zero-order chi connectivity index (χ0) is 14.2. The van der Waals surface area contributed by atoms with Crippen LogP contribution in [0, 0.1) is 6.92 Å². The Morgan fingerprint density at radius 1 is 1.29 bits per heavy atom. The Kier molecular flexibility index (Phi) is 3.26. The van der Waals surface area contributed by atoms with Crippen molar-refractivity contribution in [3.63, 3.8) is 0 Å². The Balaban J connectivity index is 1.38. The molecule has 4 nitrogen and oxygen atoms in total. The van der Waals surface area contributed by atoms with Gasteiger partial charge >= 0.3 is 0 Å². The smallest absolute Gasteiger partial charge is 0.135 e. The highest BCUT2D eigenvalue weighted by atomic mass is 15.3. The van der Waals surface area contributed by atoms with Gasteiger partial charge in [0, 0.05) is 25.0 Å². The molecule has 0 aliphatic heterocycles. The van der Waals surface area contributed by atoms with Crippen molar-refractivity contribution >= 4 is 0 Å². The van der Waals surface area contributed by atoms with Gasteiger partial charge in [0.1, 0.15) is 12.2 Å². The van der Waals surface area contributed by atoms with E-state index in [9.17, 15) is 0 Å². The highest BCUT2D eigenvalue weighted by Crippen LogP contribution is 2.38. The lowest BCUT2D eigenvalue weighted by molar-refractivity contribution is 0.494. The summed E-state index contributed by atoms with van der Waals surface area (Å²) >= 11 is 0. The van der Waals surface area contributed by atoms with Crippen molar-refractivity contribution in [1.82, 2.24) is 20.1 Å². The first-order chi connectivity index (χ1) is 10.3. The van der Waals surface area contributed by atoms with Crippen LogP contribution < -0.4 is 5.32 Å². The lowest BCUT2D eigenvalue weighted by atomic mass is 10.1. The van der Waals surface area contributed by atoms with Crippen LogP contribution in [-0.4, -0.2) is 21.3 Å². The van der Waals surface area contributed by atoms with Crippen LogP contribution in [0.4, 0.5) is 0 Å². The Labute approximate surface area is 125 Å². The van der Waals surface area contributed by atoms with Crippen LogP contribution in [-0.2, 0) is 13.0 Å². The topological polar surface area (TPSA) is 42.7 Å². The van der Waals surface area contributed by atoms with Gasteiger partial charge in [0.15, 0.2) is 0 Å². The summed E-state index contributed by atoms with van der Waals surface area (Å²) in [5.74, 6) is 1.85. The number of benzene rings is 1. The average molecular weight is 282 g/mol. The average Bonchev–Trinajstić information content (AvgIpc) is 3.10. The molecule has 110 valence electrons. The van der Waals surface area contributed by atoms with E-state index in [1.165, 1.54) is 48.2 Å². The molecule has 1 saturated carbocycles. The van der Waals surface area contributed by atoms with Crippen LogP contribution in [0.15, 0.2) is 24.5 Å². The fourth-order valence-corrected chi connectivity index (χ4v) is 3.39. The summed E-state index contributed by atoms with van der Waals surface area (Å²) in [6.07, 6.45) is 6.86. The molecule has 0 bridgehead atoms. The van der Waals surface area contributed by atoms with E-state index in [4.69, 9.17) is 0 Å². The molecule has 0 spiro atoms. The van der Waals surface area contributed by atoms with Crippen LogP contribution in [0.2, 0.25) is 0 Å². The first kappa shape index (κ1) is 13.0. The molecule has 0 unspecified atom stereocenters. The van der Waals surface area contributed by atoms with E-state index < -0.39 is 0 Å². The monoisotopic (exact) mass is 282 g/mol. The number of aromatic nitrogens is 3. The predicted molar refractivity (Wildman–Crippen MR) is 82.2 cm³/mol. The van der Waals surface area contributed by atoms with E-state index >= 15 is 0 Å². The minimum Gasteiger partial charge on any atom is -0.316 e. The van der Waals surface area contributed by atoms with E-state index in [1.54, 1.807) is 0 Å². The molecule has 0 radical (unpaired) electrons. The molecule has 0 saturated heterocycles. The summed E-state index contributed by atoms with van der Waals surface area (Å²) in [4.78, 5) is 0. The highest BCUT2D eigenvalue weighted by molar-refractivity contribution is 5.37. The third kappa shape index (κ3) is 2.60. The molecule has 4 heteroatoms. The maximum absolute atomic E-state index is 4.26. The number of rotatable bonds is 5. The van der Waals surface area contributed by atoms with Crippen LogP contribution in [0.1, 0.15) is 53.7 Å². The Bertz CT molecular complexity index is 642. The first-order valence-corrected chi connectivity index (χ1v) is 8.02. The Morgan fingerprint density at radius 3 is 3.05 bits per heavy atom. The highest BCUT2D eigenvalue weighted by Gasteiger charge is 2.28. The first-order valence-electron chi connectivity index (χ1n) is 8.02. The van der Waals surface area contributed by atoms with Gasteiger partial charge < -0.3 is 9.88 Å². The third-order valence-electron chi connectivity index (χ3n) is 4.71. The van der Waals surface area contributed by atoms with Gasteiger partial charge in [-0.15, -0.1) is 10.2 Å². The summed E-state index contributed by atoms with van der Waals surface area (Å²) in [6, 6.07) is 7.37. The molecular formula is C17H22N4. The maximum Gasteiger partial charge on any atom is 0.135 e. The molecule has 4 rings (SSSR count). The third-order valence-corrected chi connectivity index (χ3v) is 4.71. The SMILES string of the molecule is Cc1ccc2c(c1)[C@@H](NCCn1cnnc1C1CC1)CC2. The molecule has 21 heavy (non-hydrogen) atoms. The number of aryl methyl sites for hydroxylation is 2. The molecule has 2 aromatic rings. The maximum atomic E-state index is 4.26. The standard InChI is InChI=1S/C17H22N4/c1-12-2-3-13-6-7-16(15(13)10-12)18-8-9-21-11-19-20-17(21)14-4-5-14/h2-3,10-11,14,16,18H,4-9H2,1H3/t16-/m0/s1. The Hall–Kier alpha value is -1.68. The van der Waals surface area contributed by atoms with Crippen molar-refractivity contribution in [1.29, 1.82) is 0 Å². The molecule has 1 aromatic carbocycles. The van der Waals surface area contributed by atoms with Gasteiger partial charge in [-0.1, -0.05) is 23.8 Å². The minimum atomic E-state index is 0.515. The van der Waals surface area contributed by atoms with Gasteiger partial charge in [0.25, 0.3) is 0 Å². The quantitative estimate of drug-likeness (QED) is 0.917. The Morgan fingerprint density at radius 2 is 2.19 bits per heavy atom. The number of nitrogens with zero attached hydrogens (tertiary/aromatic N) is 3. The van der Waals surface area contributed by atoms with Crippen molar-refractivity contribution in [2.75, 3.05) is 6.54 Å². The van der Waals surface area contributed by atoms with E-state index in [0.29, 0.717) is 12.0 Å². The van der Waals surface area contributed by atoms with E-state index in [2.05, 4.69) is 45.2 Å². The molecule has 1 fully saturated rings. The second-order valence-electron chi connectivity index (χ2n) is 6.40. The second-order valence-corrected chi connectivity index (χ2v) is 6.40. The summed E-state index contributed by atoms with van der Waals surface area (Å²) in [5, 5.41) is 12.0. The zero-order valence-electron chi connectivity index (χ0n) is 12.5. The van der Waals surface area contributed by atoms with Gasteiger partial charge in [-0.3, -0.25) is 0 Å². The van der Waals surface area contributed by atoms with Gasteiger partial charge in [-0.05, 0) is 43.7 Å². The van der Waals surface area contributed by atoms with Crippen LogP contribution in [0.3, 0.4) is 0 Å². The van der Waals surface area contributed by atoms with Crippen LogP contribution in [0.25, 0.3) is 0 Å². The zero-order valence-corrected chi connectivity index (χ0v) is 12.5. The molecule has 2 aliphatic carbocycles. The van der Waals surface area contributed by atoms with Crippen LogP contribution >= 0.6 is 0 Å². The molecule has 2 aliphatic rings. The second kappa shape index (κ2) is 5.26. The number of hydrogen-bond donors (Lipinski definition) is 1. The predicted octanol–water partition coefficient (Wildman–Crippen LogP) is 2.74. The fourth-order valence-electron chi connectivity index (χ4n) is 3.39. The molecule has 1 N–H and O–H groups in total. The molecule has 1 atom stereocenters. The number of fused-ring (bicyclic) bond motifs is 1. The summed E-state index contributed by atoms with van der Waals surface area (Å²) < 4.78 is 2.22. The van der Waals surface area contributed by atoms with Gasteiger partial charge in [0.05, 0.1) is 0 Å². The largest absolute Gasteiger partial charge is 0.316 e. The van der Waals surface area contributed by atoms with Crippen molar-refractivity contribution < 1.29 is 0 Å². The molecule has 1 aromatic heterocycles.